The lowest BCUT2D eigenvalue weighted by Crippen LogP contribution is -2.51. The van der Waals surface area contributed by atoms with E-state index < -0.39 is 0 Å². The number of piperazine rings is 1. The van der Waals surface area contributed by atoms with Gasteiger partial charge in [-0.05, 0) is 13.8 Å². The second-order valence-electron chi connectivity index (χ2n) is 8.14. The van der Waals surface area contributed by atoms with Crippen molar-refractivity contribution in [2.45, 2.75) is 58.9 Å². The molecule has 1 saturated heterocycles. The Balaban J connectivity index is 1.73. The molecular formula is C18H31N5O3. The molecule has 1 aliphatic heterocycles. The third-order valence-corrected chi connectivity index (χ3v) is 4.23. The van der Waals surface area contributed by atoms with Crippen LogP contribution in [0.1, 0.15) is 52.8 Å². The van der Waals surface area contributed by atoms with Gasteiger partial charge in [-0.2, -0.15) is 4.98 Å². The van der Waals surface area contributed by atoms with E-state index in [0.717, 1.165) is 0 Å². The number of hydrogen-bond acceptors (Lipinski definition) is 6. The van der Waals surface area contributed by atoms with Crippen LogP contribution in [0, 0.1) is 0 Å². The van der Waals surface area contributed by atoms with Gasteiger partial charge in [0.1, 0.15) is 0 Å². The van der Waals surface area contributed by atoms with E-state index in [-0.39, 0.29) is 23.3 Å². The highest BCUT2D eigenvalue weighted by Crippen LogP contribution is 2.19. The molecule has 0 aromatic carbocycles. The largest absolute Gasteiger partial charge is 0.353 e. The number of amides is 2. The van der Waals surface area contributed by atoms with Crippen molar-refractivity contribution in [2.24, 2.45) is 0 Å². The molecule has 2 rings (SSSR count). The Morgan fingerprint density at radius 2 is 1.85 bits per heavy atom. The first kappa shape index (κ1) is 20.4. The third-order valence-electron chi connectivity index (χ3n) is 4.23. The summed E-state index contributed by atoms with van der Waals surface area (Å²) in [5.41, 5.74) is -0.163. The normalized spacial score (nSPS) is 16.2. The summed E-state index contributed by atoms with van der Waals surface area (Å²) in [6, 6.07) is 0.147. The van der Waals surface area contributed by atoms with Crippen LogP contribution in [0.5, 0.6) is 0 Å². The van der Waals surface area contributed by atoms with Crippen LogP contribution in [0.25, 0.3) is 0 Å². The van der Waals surface area contributed by atoms with Gasteiger partial charge in [0.2, 0.25) is 17.7 Å². The molecule has 8 heteroatoms. The molecule has 1 fully saturated rings. The van der Waals surface area contributed by atoms with Crippen LogP contribution in [-0.4, -0.2) is 70.5 Å². The third kappa shape index (κ3) is 6.09. The molecular weight excluding hydrogens is 334 g/mol. The van der Waals surface area contributed by atoms with Crippen LogP contribution in [-0.2, 0) is 21.4 Å². The number of nitrogens with one attached hydrogen (secondary N) is 1. The fraction of sp³-hybridized carbons (Fsp3) is 0.778. The zero-order chi connectivity index (χ0) is 19.3. The lowest BCUT2D eigenvalue weighted by atomic mass is 9.96. The minimum Gasteiger partial charge on any atom is -0.353 e. The molecule has 0 unspecified atom stereocenters. The minimum atomic E-state index is -0.163. The maximum Gasteiger partial charge on any atom is 0.234 e. The molecule has 1 N–H and O–H groups in total. The van der Waals surface area contributed by atoms with Crippen molar-refractivity contribution in [1.82, 2.24) is 25.3 Å². The zero-order valence-electron chi connectivity index (χ0n) is 16.5. The Kier molecular flexibility index (Phi) is 6.75. The number of carbonyl (C=O) groups is 2. The quantitative estimate of drug-likeness (QED) is 0.808. The van der Waals surface area contributed by atoms with Crippen LogP contribution in [0.15, 0.2) is 4.52 Å². The van der Waals surface area contributed by atoms with Gasteiger partial charge >= 0.3 is 0 Å². The van der Waals surface area contributed by atoms with E-state index in [0.29, 0.717) is 57.3 Å². The van der Waals surface area contributed by atoms with E-state index in [4.69, 9.17) is 4.52 Å². The van der Waals surface area contributed by atoms with Crippen LogP contribution >= 0.6 is 0 Å². The van der Waals surface area contributed by atoms with Crippen molar-refractivity contribution >= 4 is 11.8 Å². The molecule has 0 aliphatic carbocycles. The lowest BCUT2D eigenvalue weighted by molar-refractivity contribution is -0.133. The summed E-state index contributed by atoms with van der Waals surface area (Å²) < 4.78 is 5.24. The highest BCUT2D eigenvalue weighted by atomic mass is 16.5. The monoisotopic (exact) mass is 365 g/mol. The van der Waals surface area contributed by atoms with Gasteiger partial charge in [0.05, 0.1) is 6.54 Å². The second-order valence-corrected chi connectivity index (χ2v) is 8.14. The number of nitrogens with zero attached hydrogens (tertiary/aromatic N) is 4. The van der Waals surface area contributed by atoms with Gasteiger partial charge in [-0.15, -0.1) is 0 Å². The molecule has 26 heavy (non-hydrogen) atoms. The summed E-state index contributed by atoms with van der Waals surface area (Å²) in [6.45, 7) is 13.1. The fourth-order valence-corrected chi connectivity index (χ4v) is 2.76. The second kappa shape index (κ2) is 8.62. The summed E-state index contributed by atoms with van der Waals surface area (Å²) in [6.07, 6.45) is 0.818. The first-order chi connectivity index (χ1) is 12.1. The van der Waals surface area contributed by atoms with Gasteiger partial charge in [0.15, 0.2) is 5.82 Å². The molecule has 0 spiro atoms. The molecule has 0 atom stereocenters. The van der Waals surface area contributed by atoms with Crippen LogP contribution in [0.4, 0.5) is 0 Å². The maximum absolute atomic E-state index is 12.4. The Labute approximate surface area is 155 Å². The molecule has 1 aromatic rings. The summed E-state index contributed by atoms with van der Waals surface area (Å²) in [4.78, 5) is 32.5. The van der Waals surface area contributed by atoms with Gasteiger partial charge < -0.3 is 14.7 Å². The van der Waals surface area contributed by atoms with Gasteiger partial charge in [-0.25, -0.2) is 0 Å². The van der Waals surface area contributed by atoms with Crippen molar-refractivity contribution < 1.29 is 14.1 Å². The van der Waals surface area contributed by atoms with Crippen molar-refractivity contribution in [3.8, 4) is 0 Å². The van der Waals surface area contributed by atoms with Crippen LogP contribution in [0.3, 0.4) is 0 Å². The molecule has 0 saturated carbocycles. The topological polar surface area (TPSA) is 91.6 Å². The van der Waals surface area contributed by atoms with E-state index in [1.165, 1.54) is 0 Å². The van der Waals surface area contributed by atoms with Gasteiger partial charge in [0, 0.05) is 50.5 Å². The van der Waals surface area contributed by atoms with Crippen molar-refractivity contribution in [3.05, 3.63) is 11.7 Å². The first-order valence-corrected chi connectivity index (χ1v) is 9.27. The predicted molar refractivity (Wildman–Crippen MR) is 97.6 cm³/mol. The van der Waals surface area contributed by atoms with E-state index in [2.05, 4.69) is 20.4 Å². The number of rotatable bonds is 6. The molecule has 2 amide bonds. The van der Waals surface area contributed by atoms with E-state index in [9.17, 15) is 9.59 Å². The Hall–Kier alpha value is -1.96. The average molecular weight is 365 g/mol. The van der Waals surface area contributed by atoms with Gasteiger partial charge in [-0.3, -0.25) is 14.5 Å². The predicted octanol–water partition coefficient (Wildman–Crippen LogP) is 0.969. The zero-order valence-corrected chi connectivity index (χ0v) is 16.5. The fourth-order valence-electron chi connectivity index (χ4n) is 2.76. The summed E-state index contributed by atoms with van der Waals surface area (Å²) in [5, 5.41) is 6.87. The summed E-state index contributed by atoms with van der Waals surface area (Å²) in [5.74, 6) is 1.29. The molecule has 2 heterocycles. The van der Waals surface area contributed by atoms with E-state index in [1.54, 1.807) is 0 Å². The highest BCUT2D eigenvalue weighted by molar-refractivity contribution is 5.78. The Morgan fingerprint density at radius 1 is 1.19 bits per heavy atom. The van der Waals surface area contributed by atoms with E-state index in [1.807, 2.05) is 39.5 Å². The van der Waals surface area contributed by atoms with Crippen LogP contribution in [0.2, 0.25) is 0 Å². The molecule has 8 nitrogen and oxygen atoms in total. The number of aromatic nitrogens is 2. The van der Waals surface area contributed by atoms with Crippen LogP contribution < -0.4 is 5.32 Å². The molecule has 1 aromatic heterocycles. The molecule has 1 aliphatic rings. The summed E-state index contributed by atoms with van der Waals surface area (Å²) in [7, 11) is 0. The number of aryl methyl sites for hydroxylation is 1. The Morgan fingerprint density at radius 3 is 2.38 bits per heavy atom. The van der Waals surface area contributed by atoms with Gasteiger partial charge in [0.25, 0.3) is 0 Å². The van der Waals surface area contributed by atoms with Crippen molar-refractivity contribution in [3.63, 3.8) is 0 Å². The van der Waals surface area contributed by atoms with E-state index >= 15 is 0 Å². The van der Waals surface area contributed by atoms with Crippen molar-refractivity contribution in [1.29, 1.82) is 0 Å². The minimum absolute atomic E-state index is 0.0332. The molecule has 146 valence electrons. The number of carbonyl (C=O) groups excluding carboxylic acids is 2. The lowest BCUT2D eigenvalue weighted by Gasteiger charge is -2.34. The number of hydrogen-bond donors (Lipinski definition) is 1. The smallest absolute Gasteiger partial charge is 0.234 e. The first-order valence-electron chi connectivity index (χ1n) is 9.27. The standard InChI is InChI=1S/C18H31N5O3/c1-13(2)19-14(24)12-22-8-10-23(11-9-22)16(25)7-6-15-20-17(21-26-15)18(3,4)5/h13H,6-12H2,1-5H3,(H,19,24). The summed E-state index contributed by atoms with van der Waals surface area (Å²) >= 11 is 0. The highest BCUT2D eigenvalue weighted by Gasteiger charge is 2.24. The molecule has 0 bridgehead atoms. The Bertz CT molecular complexity index is 613. The average Bonchev–Trinajstić information content (AvgIpc) is 3.01. The maximum atomic E-state index is 12.4. The molecule has 0 radical (unpaired) electrons. The SMILES string of the molecule is CC(C)NC(=O)CN1CCN(C(=O)CCc2nc(C(C)(C)C)no2)CC1. The van der Waals surface area contributed by atoms with Gasteiger partial charge in [-0.1, -0.05) is 25.9 Å². The van der Waals surface area contributed by atoms with Crippen molar-refractivity contribution in [2.75, 3.05) is 32.7 Å².